The second kappa shape index (κ2) is 16.6. The van der Waals surface area contributed by atoms with Crippen LogP contribution in [0.4, 0.5) is 11.6 Å². The van der Waals surface area contributed by atoms with E-state index in [0.717, 1.165) is 60.6 Å². The molecule has 3 aromatic rings. The number of fused-ring (bicyclic) bond motifs is 1. The zero-order valence-electron chi connectivity index (χ0n) is 25.2. The van der Waals surface area contributed by atoms with E-state index in [1.165, 1.54) is 6.42 Å². The van der Waals surface area contributed by atoms with Crippen molar-refractivity contribution in [2.45, 2.75) is 70.9 Å². The number of piperidine rings is 1. The molecule has 12 nitrogen and oxygen atoms in total. The number of aliphatic hydroxyl groups excluding tert-OH is 1. The first-order chi connectivity index (χ1) is 20.6. The lowest BCUT2D eigenvalue weighted by Crippen LogP contribution is -2.40. The fourth-order valence-corrected chi connectivity index (χ4v) is 5.32. The Kier molecular flexibility index (Phi) is 12.6. The molecule has 232 valence electrons. The van der Waals surface area contributed by atoms with Gasteiger partial charge in [-0.2, -0.15) is 9.61 Å². The Balaban J connectivity index is 1.36. The van der Waals surface area contributed by atoms with E-state index < -0.39 is 0 Å². The number of hydrogen-bond donors (Lipinski definition) is 2. The van der Waals surface area contributed by atoms with Gasteiger partial charge in [0.15, 0.2) is 11.9 Å². The van der Waals surface area contributed by atoms with Gasteiger partial charge in [-0.15, -0.1) is 0 Å². The highest BCUT2D eigenvalue weighted by Gasteiger charge is 2.25. The summed E-state index contributed by atoms with van der Waals surface area (Å²) in [6, 6.07) is 5.75. The Morgan fingerprint density at radius 3 is 2.69 bits per heavy atom. The smallest absolute Gasteiger partial charge is 0.250 e. The number of anilines is 2. The largest absolute Gasteiger partial charge is 0.396 e. The van der Waals surface area contributed by atoms with Gasteiger partial charge in [-0.05, 0) is 37.7 Å². The molecule has 1 aliphatic heterocycles. The van der Waals surface area contributed by atoms with Crippen LogP contribution >= 0.6 is 0 Å². The summed E-state index contributed by atoms with van der Waals surface area (Å²) in [4.78, 5) is 19.8. The Labute approximate surface area is 247 Å². The highest BCUT2D eigenvalue weighted by molar-refractivity contribution is 5.61. The Morgan fingerprint density at radius 1 is 1.12 bits per heavy atom. The second-order valence-corrected chi connectivity index (χ2v) is 10.5. The maximum atomic E-state index is 12.5. The van der Waals surface area contributed by atoms with Gasteiger partial charge in [0.25, 0.3) is 5.56 Å². The van der Waals surface area contributed by atoms with Crippen molar-refractivity contribution in [3.63, 3.8) is 0 Å². The van der Waals surface area contributed by atoms with Crippen molar-refractivity contribution in [1.29, 1.82) is 0 Å². The van der Waals surface area contributed by atoms with Gasteiger partial charge >= 0.3 is 0 Å². The summed E-state index contributed by atoms with van der Waals surface area (Å²) < 4.78 is 25.0. The number of aliphatic hydroxyl groups is 1. The molecule has 0 bridgehead atoms. The molecule has 0 aliphatic carbocycles. The van der Waals surface area contributed by atoms with E-state index in [-0.39, 0.29) is 24.5 Å². The maximum absolute atomic E-state index is 12.5. The van der Waals surface area contributed by atoms with Crippen molar-refractivity contribution < 1.29 is 24.1 Å². The van der Waals surface area contributed by atoms with Gasteiger partial charge in [-0.25, -0.2) is 4.98 Å². The summed E-state index contributed by atoms with van der Waals surface area (Å²) in [6.07, 6.45) is 9.03. The molecule has 1 aliphatic rings. The summed E-state index contributed by atoms with van der Waals surface area (Å²) in [6.45, 7) is 6.00. The van der Waals surface area contributed by atoms with Crippen molar-refractivity contribution in [1.82, 2.24) is 19.2 Å². The van der Waals surface area contributed by atoms with Gasteiger partial charge < -0.3 is 38.8 Å². The molecule has 1 saturated heterocycles. The van der Waals surface area contributed by atoms with E-state index >= 15 is 0 Å². The highest BCUT2D eigenvalue weighted by atomic mass is 16.7. The fraction of sp³-hybridized carbons (Fsp3) is 0.633. The van der Waals surface area contributed by atoms with Crippen LogP contribution in [0.25, 0.3) is 5.65 Å². The Morgan fingerprint density at radius 2 is 1.93 bits per heavy atom. The molecule has 4 rings (SSSR count). The summed E-state index contributed by atoms with van der Waals surface area (Å²) in [7, 11) is 3.20. The first kappa shape index (κ1) is 31.9. The van der Waals surface area contributed by atoms with Crippen LogP contribution in [0.3, 0.4) is 0 Å². The topological polar surface area (TPSA) is 125 Å². The minimum Gasteiger partial charge on any atom is -0.396 e. The number of hydrogen-bond acceptors (Lipinski definition) is 10. The molecule has 12 heteroatoms. The van der Waals surface area contributed by atoms with Crippen molar-refractivity contribution >= 4 is 17.3 Å². The highest BCUT2D eigenvalue weighted by Crippen LogP contribution is 2.29. The predicted octanol–water partition coefficient (Wildman–Crippen LogP) is 2.85. The van der Waals surface area contributed by atoms with Crippen LogP contribution in [0.2, 0.25) is 0 Å². The zero-order valence-corrected chi connectivity index (χ0v) is 25.2. The van der Waals surface area contributed by atoms with Crippen LogP contribution in [0.1, 0.15) is 50.2 Å². The normalized spacial score (nSPS) is 15.6. The minimum atomic E-state index is -0.265. The average molecular weight is 587 g/mol. The molecule has 1 fully saturated rings. The minimum absolute atomic E-state index is 0.0722. The van der Waals surface area contributed by atoms with E-state index in [1.54, 1.807) is 24.9 Å². The molecule has 4 heterocycles. The van der Waals surface area contributed by atoms with Crippen molar-refractivity contribution in [2.24, 2.45) is 0 Å². The summed E-state index contributed by atoms with van der Waals surface area (Å²) in [5.74, 6) is 1.74. The summed E-state index contributed by atoms with van der Waals surface area (Å²) in [5.41, 5.74) is 2.82. The van der Waals surface area contributed by atoms with E-state index in [0.29, 0.717) is 45.9 Å². The molecule has 2 N–H and O–H groups in total. The number of aryl methyl sites for hydroxylation is 1. The van der Waals surface area contributed by atoms with Crippen molar-refractivity contribution in [2.75, 3.05) is 64.0 Å². The van der Waals surface area contributed by atoms with Gasteiger partial charge in [0.1, 0.15) is 11.6 Å². The predicted molar refractivity (Wildman–Crippen MR) is 161 cm³/mol. The van der Waals surface area contributed by atoms with E-state index in [2.05, 4.69) is 22.2 Å². The number of rotatable bonds is 18. The van der Waals surface area contributed by atoms with E-state index in [1.807, 2.05) is 29.0 Å². The standard InChI is InChI=1S/C30H46N6O6/c1-4-24-21-32-36-26(19-27(33-30(24)36)35-12-6-5-7-25(35)10-14-37)31-20-23-8-9-28(38)34(22-23)13-16-42-18-17-41-15-11-29(39-2)40-3/h8-9,19,21-22,25,29,31,37H,4-7,10-18,20H2,1-3H3/t25-/m0/s1. The second-order valence-electron chi connectivity index (χ2n) is 10.5. The Bertz CT molecular complexity index is 1290. The summed E-state index contributed by atoms with van der Waals surface area (Å²) >= 11 is 0. The first-order valence-corrected chi connectivity index (χ1v) is 15.0. The SMILES string of the molecule is CCc1cnn2c(NCc3ccc(=O)n(CCOCCOCCC(OC)OC)c3)cc(N3CCCC[C@H]3CCO)nc12. The molecule has 0 spiro atoms. The molecule has 0 amide bonds. The van der Waals surface area contributed by atoms with Crippen LogP contribution in [0.15, 0.2) is 35.4 Å². The lowest BCUT2D eigenvalue weighted by Gasteiger charge is -2.36. The third-order valence-corrected chi connectivity index (χ3v) is 7.69. The zero-order chi connectivity index (χ0) is 29.7. The third-order valence-electron chi connectivity index (χ3n) is 7.69. The van der Waals surface area contributed by atoms with Gasteiger partial charge in [-0.1, -0.05) is 13.0 Å². The third kappa shape index (κ3) is 8.51. The molecular formula is C30H46N6O6. The average Bonchev–Trinajstić information content (AvgIpc) is 3.44. The molecule has 0 unspecified atom stereocenters. The molecule has 0 radical (unpaired) electrons. The van der Waals surface area contributed by atoms with Crippen LogP contribution in [-0.4, -0.2) is 90.4 Å². The number of nitrogens with one attached hydrogen (secondary N) is 1. The molecule has 1 atom stereocenters. The van der Waals surface area contributed by atoms with Gasteiger partial charge in [0.05, 0.1) is 32.6 Å². The number of pyridine rings is 1. The fourth-order valence-electron chi connectivity index (χ4n) is 5.32. The quantitative estimate of drug-likeness (QED) is 0.170. The van der Waals surface area contributed by atoms with Crippen LogP contribution in [-0.2, 0) is 38.5 Å². The van der Waals surface area contributed by atoms with Gasteiger partial charge in [-0.3, -0.25) is 4.79 Å². The molecule has 42 heavy (non-hydrogen) atoms. The molecular weight excluding hydrogens is 540 g/mol. The number of methoxy groups -OCH3 is 2. The maximum Gasteiger partial charge on any atom is 0.250 e. The first-order valence-electron chi connectivity index (χ1n) is 15.0. The van der Waals surface area contributed by atoms with E-state index in [4.69, 9.17) is 23.9 Å². The lowest BCUT2D eigenvalue weighted by molar-refractivity contribution is -0.116. The van der Waals surface area contributed by atoms with Gasteiger partial charge in [0, 0.05) is 76.8 Å². The van der Waals surface area contributed by atoms with E-state index in [9.17, 15) is 9.90 Å². The van der Waals surface area contributed by atoms with Crippen LogP contribution in [0, 0.1) is 0 Å². The lowest BCUT2D eigenvalue weighted by atomic mass is 9.99. The van der Waals surface area contributed by atoms with Gasteiger partial charge in [0.2, 0.25) is 0 Å². The number of aromatic nitrogens is 4. The number of ether oxygens (including phenoxy) is 4. The number of nitrogens with zero attached hydrogens (tertiary/aromatic N) is 5. The molecule has 0 saturated carbocycles. The van der Waals surface area contributed by atoms with Crippen molar-refractivity contribution in [3.8, 4) is 0 Å². The van der Waals surface area contributed by atoms with Crippen LogP contribution in [0.5, 0.6) is 0 Å². The molecule has 3 aromatic heterocycles. The van der Waals surface area contributed by atoms with Crippen LogP contribution < -0.4 is 15.8 Å². The van der Waals surface area contributed by atoms with Crippen molar-refractivity contribution in [3.05, 3.63) is 52.1 Å². The summed E-state index contributed by atoms with van der Waals surface area (Å²) in [5, 5.41) is 17.8. The monoisotopic (exact) mass is 586 g/mol. The molecule has 0 aromatic carbocycles. The Hall–Kier alpha value is -3.03.